The molecule has 0 aliphatic heterocycles. The van der Waals surface area contributed by atoms with Gasteiger partial charge in [0.2, 0.25) is 0 Å². The third-order valence-corrected chi connectivity index (χ3v) is 11.5. The van der Waals surface area contributed by atoms with Crippen LogP contribution in [0.25, 0.3) is 44.2 Å². The van der Waals surface area contributed by atoms with Crippen LogP contribution in [0.2, 0.25) is 0 Å². The van der Waals surface area contributed by atoms with Crippen molar-refractivity contribution < 1.29 is 0 Å². The van der Waals surface area contributed by atoms with Gasteiger partial charge in [0.25, 0.3) is 0 Å². The summed E-state index contributed by atoms with van der Waals surface area (Å²) >= 11 is 0. The van der Waals surface area contributed by atoms with Gasteiger partial charge >= 0.3 is 0 Å². The number of anilines is 3. The quantitative estimate of drug-likeness (QED) is 0.174. The minimum Gasteiger partial charge on any atom is -0.310 e. The molecule has 2 aliphatic rings. The molecule has 244 valence electrons. The summed E-state index contributed by atoms with van der Waals surface area (Å²) in [6.45, 7) is 4.79. The summed E-state index contributed by atoms with van der Waals surface area (Å²) in [4.78, 5) is 2.55. The van der Waals surface area contributed by atoms with Crippen molar-refractivity contribution in [2.45, 2.75) is 57.3 Å². The zero-order valence-corrected chi connectivity index (χ0v) is 29.1. The molecule has 0 unspecified atom stereocenters. The average molecular weight is 646 g/mol. The van der Waals surface area contributed by atoms with Gasteiger partial charge in [-0.25, -0.2) is 0 Å². The Balaban J connectivity index is 1.29. The van der Waals surface area contributed by atoms with Gasteiger partial charge in [-0.15, -0.1) is 0 Å². The van der Waals surface area contributed by atoms with Crippen molar-refractivity contribution in [1.29, 1.82) is 0 Å². The number of fused-ring (bicyclic) bond motifs is 4. The Hall–Kier alpha value is -5.40. The Morgan fingerprint density at radius 2 is 1.08 bits per heavy atom. The van der Waals surface area contributed by atoms with E-state index in [2.05, 4.69) is 176 Å². The Morgan fingerprint density at radius 1 is 0.480 bits per heavy atom. The van der Waals surface area contributed by atoms with E-state index >= 15 is 0 Å². The molecule has 0 radical (unpaired) electrons. The van der Waals surface area contributed by atoms with Crippen molar-refractivity contribution in [1.82, 2.24) is 0 Å². The fourth-order valence-electron chi connectivity index (χ4n) is 9.06. The lowest BCUT2D eigenvalue weighted by Crippen LogP contribution is -2.21. The Labute approximate surface area is 296 Å². The number of benzene rings is 7. The molecule has 7 aromatic carbocycles. The van der Waals surface area contributed by atoms with Gasteiger partial charge in [0.05, 0.1) is 11.4 Å². The highest BCUT2D eigenvalue weighted by Gasteiger charge is 2.39. The van der Waals surface area contributed by atoms with Crippen LogP contribution < -0.4 is 4.90 Å². The van der Waals surface area contributed by atoms with Gasteiger partial charge in [0.15, 0.2) is 0 Å². The Morgan fingerprint density at radius 3 is 1.86 bits per heavy atom. The lowest BCUT2D eigenvalue weighted by molar-refractivity contribution is 0.443. The van der Waals surface area contributed by atoms with Crippen LogP contribution in [0.1, 0.15) is 68.6 Å². The molecule has 0 saturated heterocycles. The van der Waals surface area contributed by atoms with Crippen LogP contribution in [0.4, 0.5) is 17.1 Å². The van der Waals surface area contributed by atoms with Crippen LogP contribution in [0.5, 0.6) is 0 Å². The molecule has 1 heteroatoms. The Bertz CT molecular complexity index is 2320. The zero-order valence-electron chi connectivity index (χ0n) is 29.1. The summed E-state index contributed by atoms with van der Waals surface area (Å²) in [6, 6.07) is 58.8. The number of hydrogen-bond acceptors (Lipinski definition) is 1. The van der Waals surface area contributed by atoms with Crippen LogP contribution in [-0.2, 0) is 5.41 Å². The van der Waals surface area contributed by atoms with Crippen LogP contribution in [0.3, 0.4) is 0 Å². The predicted octanol–water partition coefficient (Wildman–Crippen LogP) is 14.0. The van der Waals surface area contributed by atoms with Crippen molar-refractivity contribution in [3.05, 3.63) is 174 Å². The fourth-order valence-corrected chi connectivity index (χ4v) is 9.06. The Kier molecular flexibility index (Phi) is 7.65. The molecule has 0 N–H and O–H groups in total. The first-order chi connectivity index (χ1) is 24.6. The van der Waals surface area contributed by atoms with Gasteiger partial charge < -0.3 is 4.90 Å². The van der Waals surface area contributed by atoms with E-state index in [1.807, 2.05) is 0 Å². The van der Waals surface area contributed by atoms with Crippen LogP contribution in [0, 0.1) is 0 Å². The molecular weight excluding hydrogens is 603 g/mol. The number of para-hydroxylation sites is 1. The predicted molar refractivity (Wildman–Crippen MR) is 213 cm³/mol. The summed E-state index contributed by atoms with van der Waals surface area (Å²) in [5.41, 5.74) is 15.4. The van der Waals surface area contributed by atoms with E-state index in [0.717, 1.165) is 0 Å². The van der Waals surface area contributed by atoms with E-state index in [4.69, 9.17) is 0 Å². The highest BCUT2D eigenvalue weighted by atomic mass is 15.1. The molecule has 0 bridgehead atoms. The molecule has 1 nitrogen and oxygen atoms in total. The SMILES string of the molecule is CC1(C)c2ccccc2-c2cccc(N(c3ccc(C4CCCCC4)cc3)c3ccccc3-c3cccc4cccc(-c5ccccc5)c34)c21. The zero-order chi connectivity index (χ0) is 33.7. The number of hydrogen-bond donors (Lipinski definition) is 0. The fraction of sp³-hybridized carbons (Fsp3) is 0.184. The summed E-state index contributed by atoms with van der Waals surface area (Å²) in [5, 5.41) is 2.53. The standard InChI is InChI=1S/C49H43N/c1-49(2)44-27-11-9-22-40(44)43-26-15-29-46(48(43)49)50(38-32-30-35(31-33-38)34-16-5-3-6-17-34)45-28-12-10-23-41(45)42-25-14-21-37-20-13-24-39(47(37)42)36-18-7-4-8-19-36/h4,7-15,18-34H,3,5-6,16-17H2,1-2H3. The lowest BCUT2D eigenvalue weighted by atomic mass is 9.81. The smallest absolute Gasteiger partial charge is 0.0540 e. The molecule has 9 rings (SSSR count). The normalized spacial score (nSPS) is 15.1. The monoisotopic (exact) mass is 645 g/mol. The second-order valence-electron chi connectivity index (χ2n) is 14.7. The lowest BCUT2D eigenvalue weighted by Gasteiger charge is -2.34. The first-order valence-electron chi connectivity index (χ1n) is 18.4. The molecule has 0 atom stereocenters. The average Bonchev–Trinajstić information content (AvgIpc) is 3.42. The summed E-state index contributed by atoms with van der Waals surface area (Å²) in [7, 11) is 0. The van der Waals surface area contributed by atoms with Gasteiger partial charge in [0, 0.05) is 16.7 Å². The summed E-state index contributed by atoms with van der Waals surface area (Å²) < 4.78 is 0. The molecular formula is C49H43N. The molecule has 2 aliphatic carbocycles. The van der Waals surface area contributed by atoms with Gasteiger partial charge in [0.1, 0.15) is 0 Å². The first-order valence-corrected chi connectivity index (χ1v) is 18.4. The second-order valence-corrected chi connectivity index (χ2v) is 14.7. The van der Waals surface area contributed by atoms with Crippen LogP contribution >= 0.6 is 0 Å². The van der Waals surface area contributed by atoms with Gasteiger partial charge in [-0.3, -0.25) is 0 Å². The minimum absolute atomic E-state index is 0.155. The summed E-state index contributed by atoms with van der Waals surface area (Å²) in [5.74, 6) is 0.667. The molecule has 1 saturated carbocycles. The van der Waals surface area contributed by atoms with E-state index < -0.39 is 0 Å². The maximum atomic E-state index is 2.55. The maximum absolute atomic E-state index is 2.55. The molecule has 0 heterocycles. The molecule has 0 aromatic heterocycles. The van der Waals surface area contributed by atoms with Crippen LogP contribution in [-0.4, -0.2) is 0 Å². The molecule has 1 fully saturated rings. The van der Waals surface area contributed by atoms with E-state index in [-0.39, 0.29) is 5.41 Å². The molecule has 50 heavy (non-hydrogen) atoms. The van der Waals surface area contributed by atoms with Gasteiger partial charge in [-0.1, -0.05) is 167 Å². The van der Waals surface area contributed by atoms with Gasteiger partial charge in [-0.05, 0) is 98.3 Å². The van der Waals surface area contributed by atoms with E-state index in [1.54, 1.807) is 0 Å². The van der Waals surface area contributed by atoms with E-state index in [9.17, 15) is 0 Å². The molecule has 0 spiro atoms. The molecule has 0 amide bonds. The van der Waals surface area contributed by atoms with E-state index in [0.29, 0.717) is 5.92 Å². The highest BCUT2D eigenvalue weighted by molar-refractivity contribution is 6.09. The third kappa shape index (κ3) is 5.07. The number of rotatable bonds is 6. The van der Waals surface area contributed by atoms with E-state index in [1.165, 1.54) is 110 Å². The maximum Gasteiger partial charge on any atom is 0.0540 e. The van der Waals surface area contributed by atoms with Crippen molar-refractivity contribution in [3.63, 3.8) is 0 Å². The topological polar surface area (TPSA) is 3.24 Å². The summed E-state index contributed by atoms with van der Waals surface area (Å²) in [6.07, 6.45) is 6.66. The van der Waals surface area contributed by atoms with Crippen molar-refractivity contribution in [3.8, 4) is 33.4 Å². The van der Waals surface area contributed by atoms with Gasteiger partial charge in [-0.2, -0.15) is 0 Å². The van der Waals surface area contributed by atoms with Crippen molar-refractivity contribution in [2.24, 2.45) is 0 Å². The third-order valence-electron chi connectivity index (χ3n) is 11.5. The molecule has 7 aromatic rings. The largest absolute Gasteiger partial charge is 0.310 e. The van der Waals surface area contributed by atoms with Crippen molar-refractivity contribution in [2.75, 3.05) is 4.90 Å². The highest BCUT2D eigenvalue weighted by Crippen LogP contribution is 2.55. The number of nitrogens with zero attached hydrogens (tertiary/aromatic N) is 1. The second kappa shape index (κ2) is 12.5. The minimum atomic E-state index is -0.155. The van der Waals surface area contributed by atoms with Crippen molar-refractivity contribution >= 4 is 27.8 Å². The first kappa shape index (κ1) is 30.6. The van der Waals surface area contributed by atoms with Crippen LogP contribution in [0.15, 0.2) is 158 Å².